The van der Waals surface area contributed by atoms with Crippen LogP contribution in [0.3, 0.4) is 0 Å². The number of ether oxygens (including phenoxy) is 2. The van der Waals surface area contributed by atoms with Crippen molar-refractivity contribution in [1.29, 1.82) is 0 Å². The molecule has 2 aliphatic rings. The van der Waals surface area contributed by atoms with Crippen molar-refractivity contribution in [2.24, 2.45) is 0 Å². The summed E-state index contributed by atoms with van der Waals surface area (Å²) in [7, 11) is 0. The van der Waals surface area contributed by atoms with Crippen molar-refractivity contribution in [3.63, 3.8) is 0 Å². The summed E-state index contributed by atoms with van der Waals surface area (Å²) in [6.45, 7) is 2.42. The van der Waals surface area contributed by atoms with E-state index in [1.54, 1.807) is 29.2 Å². The molecule has 0 aliphatic carbocycles. The molecule has 0 bridgehead atoms. The number of morpholine rings is 1. The van der Waals surface area contributed by atoms with Crippen molar-refractivity contribution in [2.75, 3.05) is 31.6 Å². The van der Waals surface area contributed by atoms with Gasteiger partial charge >= 0.3 is 0 Å². The Bertz CT molecular complexity index is 926. The fourth-order valence-corrected chi connectivity index (χ4v) is 3.66. The lowest BCUT2D eigenvalue weighted by molar-refractivity contribution is -0.129. The highest BCUT2D eigenvalue weighted by molar-refractivity contribution is 7.13. The van der Waals surface area contributed by atoms with Gasteiger partial charge in [0.15, 0.2) is 11.5 Å². The van der Waals surface area contributed by atoms with Gasteiger partial charge in [0.05, 0.1) is 18.9 Å². The van der Waals surface area contributed by atoms with Crippen molar-refractivity contribution in [1.82, 2.24) is 4.90 Å². The first-order chi connectivity index (χ1) is 13.2. The van der Waals surface area contributed by atoms with E-state index < -0.39 is 0 Å². The Morgan fingerprint density at radius 2 is 1.89 bits per heavy atom. The standard InChI is InChI=1S/C20H18N2O4S/c23-19(22-9-11-25-12-10-22)8-7-14-5-6-15(27-14)13-18-20(24)21-16-3-1-2-4-17(16)26-18/h1-8,13H,9-12H2,(H,21,24)/b8-7+,18-13-. The van der Waals surface area contributed by atoms with Gasteiger partial charge in [-0.15, -0.1) is 11.3 Å². The van der Waals surface area contributed by atoms with Gasteiger partial charge in [0.25, 0.3) is 5.91 Å². The summed E-state index contributed by atoms with van der Waals surface area (Å²) in [6, 6.07) is 11.1. The Morgan fingerprint density at radius 1 is 1.11 bits per heavy atom. The van der Waals surface area contributed by atoms with Crippen molar-refractivity contribution in [2.45, 2.75) is 0 Å². The topological polar surface area (TPSA) is 67.9 Å². The largest absolute Gasteiger partial charge is 0.449 e. The van der Waals surface area contributed by atoms with Gasteiger partial charge in [-0.2, -0.15) is 0 Å². The highest BCUT2D eigenvalue weighted by Crippen LogP contribution is 2.31. The highest BCUT2D eigenvalue weighted by Gasteiger charge is 2.21. The van der Waals surface area contributed by atoms with Gasteiger partial charge in [-0.05, 0) is 30.3 Å². The molecular formula is C20H18N2O4S. The van der Waals surface area contributed by atoms with E-state index in [1.807, 2.05) is 30.3 Å². The molecule has 27 heavy (non-hydrogen) atoms. The lowest BCUT2D eigenvalue weighted by Gasteiger charge is -2.25. The summed E-state index contributed by atoms with van der Waals surface area (Å²) in [5, 5.41) is 2.81. The Balaban J connectivity index is 1.45. The molecule has 2 aromatic rings. The van der Waals surface area contributed by atoms with Crippen LogP contribution in [0.2, 0.25) is 0 Å². The number of anilines is 1. The molecule has 0 spiro atoms. The van der Waals surface area contributed by atoms with Crippen LogP contribution in [-0.2, 0) is 14.3 Å². The lowest BCUT2D eigenvalue weighted by atomic mass is 10.2. The predicted molar refractivity (Wildman–Crippen MR) is 104 cm³/mol. The SMILES string of the molecule is O=C1Nc2ccccc2O/C1=C\c1ccc(/C=C/C(=O)N2CCOCC2)s1. The van der Waals surface area contributed by atoms with Crippen LogP contribution in [0.25, 0.3) is 12.2 Å². The molecule has 2 aliphatic heterocycles. The van der Waals surface area contributed by atoms with Crippen LogP contribution in [0.5, 0.6) is 5.75 Å². The van der Waals surface area contributed by atoms with Gasteiger partial charge in [-0.1, -0.05) is 12.1 Å². The number of hydrogen-bond donors (Lipinski definition) is 1. The zero-order valence-corrected chi connectivity index (χ0v) is 15.3. The minimum absolute atomic E-state index is 0.0156. The molecule has 138 valence electrons. The molecule has 4 rings (SSSR count). The number of carbonyl (C=O) groups is 2. The maximum Gasteiger partial charge on any atom is 0.291 e. The number of nitrogens with one attached hydrogen (secondary N) is 1. The van der Waals surface area contributed by atoms with E-state index in [0.29, 0.717) is 37.7 Å². The Labute approximate surface area is 160 Å². The van der Waals surface area contributed by atoms with Crippen LogP contribution < -0.4 is 10.1 Å². The second-order valence-electron chi connectivity index (χ2n) is 6.07. The fourth-order valence-electron chi connectivity index (χ4n) is 2.81. The molecule has 0 unspecified atom stereocenters. The number of thiophene rings is 1. The molecule has 7 heteroatoms. The van der Waals surface area contributed by atoms with Gasteiger partial charge in [-0.3, -0.25) is 9.59 Å². The molecule has 1 aromatic heterocycles. The average molecular weight is 382 g/mol. The number of carbonyl (C=O) groups excluding carboxylic acids is 2. The van der Waals surface area contributed by atoms with E-state index in [0.717, 1.165) is 9.75 Å². The van der Waals surface area contributed by atoms with Crippen molar-refractivity contribution < 1.29 is 19.1 Å². The molecule has 0 saturated carbocycles. The predicted octanol–water partition coefficient (Wildman–Crippen LogP) is 2.99. The molecule has 1 saturated heterocycles. The van der Waals surface area contributed by atoms with Crippen LogP contribution in [-0.4, -0.2) is 43.0 Å². The average Bonchev–Trinajstić information content (AvgIpc) is 3.15. The van der Waals surface area contributed by atoms with Gasteiger partial charge in [0, 0.05) is 35.0 Å². The Hall–Kier alpha value is -2.90. The summed E-state index contributed by atoms with van der Waals surface area (Å²) >= 11 is 1.48. The van der Waals surface area contributed by atoms with Gasteiger partial charge in [0.2, 0.25) is 5.91 Å². The summed E-state index contributed by atoms with van der Waals surface area (Å²) in [5.74, 6) is 0.575. The number of benzene rings is 1. The second kappa shape index (κ2) is 7.77. The molecular weight excluding hydrogens is 364 g/mol. The molecule has 1 aromatic carbocycles. The molecule has 1 fully saturated rings. The van der Waals surface area contributed by atoms with Crippen molar-refractivity contribution in [3.8, 4) is 5.75 Å². The molecule has 3 heterocycles. The van der Waals surface area contributed by atoms with Gasteiger partial charge in [0.1, 0.15) is 0 Å². The monoisotopic (exact) mass is 382 g/mol. The molecule has 1 N–H and O–H groups in total. The van der Waals surface area contributed by atoms with E-state index in [1.165, 1.54) is 11.3 Å². The molecule has 6 nitrogen and oxygen atoms in total. The normalized spacial score (nSPS) is 18.3. The fraction of sp³-hybridized carbons (Fsp3) is 0.200. The number of amides is 2. The van der Waals surface area contributed by atoms with E-state index in [-0.39, 0.29) is 17.6 Å². The first-order valence-electron chi connectivity index (χ1n) is 8.63. The summed E-state index contributed by atoms with van der Waals surface area (Å²) in [4.78, 5) is 27.9. The van der Waals surface area contributed by atoms with Crippen LogP contribution in [0.1, 0.15) is 9.75 Å². The maximum absolute atomic E-state index is 12.2. The third-order valence-electron chi connectivity index (χ3n) is 4.21. The summed E-state index contributed by atoms with van der Waals surface area (Å²) in [6.07, 6.45) is 5.08. The number of rotatable bonds is 3. The minimum Gasteiger partial charge on any atom is -0.449 e. The highest BCUT2D eigenvalue weighted by atomic mass is 32.1. The third kappa shape index (κ3) is 4.10. The van der Waals surface area contributed by atoms with E-state index in [2.05, 4.69) is 5.32 Å². The van der Waals surface area contributed by atoms with Crippen LogP contribution in [0.15, 0.2) is 48.2 Å². The van der Waals surface area contributed by atoms with Crippen LogP contribution >= 0.6 is 11.3 Å². The number of fused-ring (bicyclic) bond motifs is 1. The molecule has 0 radical (unpaired) electrons. The Morgan fingerprint density at radius 3 is 2.74 bits per heavy atom. The van der Waals surface area contributed by atoms with E-state index in [4.69, 9.17) is 9.47 Å². The van der Waals surface area contributed by atoms with E-state index >= 15 is 0 Å². The van der Waals surface area contributed by atoms with Gasteiger partial charge < -0.3 is 19.7 Å². The minimum atomic E-state index is -0.276. The summed E-state index contributed by atoms with van der Waals surface area (Å²) in [5.41, 5.74) is 0.663. The number of nitrogens with zero attached hydrogens (tertiary/aromatic N) is 1. The quantitative estimate of drug-likeness (QED) is 0.829. The second-order valence-corrected chi connectivity index (χ2v) is 7.22. The van der Waals surface area contributed by atoms with Crippen LogP contribution in [0, 0.1) is 0 Å². The zero-order chi connectivity index (χ0) is 18.6. The first-order valence-corrected chi connectivity index (χ1v) is 9.45. The zero-order valence-electron chi connectivity index (χ0n) is 14.5. The number of hydrogen-bond acceptors (Lipinski definition) is 5. The van der Waals surface area contributed by atoms with Crippen LogP contribution in [0.4, 0.5) is 5.69 Å². The van der Waals surface area contributed by atoms with Gasteiger partial charge in [-0.25, -0.2) is 0 Å². The first kappa shape index (κ1) is 17.5. The van der Waals surface area contributed by atoms with E-state index in [9.17, 15) is 9.59 Å². The Kier molecular flexibility index (Phi) is 5.04. The third-order valence-corrected chi connectivity index (χ3v) is 5.21. The molecule has 2 amide bonds. The van der Waals surface area contributed by atoms with Crippen molar-refractivity contribution >= 4 is 41.0 Å². The summed E-state index contributed by atoms with van der Waals surface area (Å²) < 4.78 is 11.0. The lowest BCUT2D eigenvalue weighted by Crippen LogP contribution is -2.39. The molecule has 0 atom stereocenters. The number of para-hydroxylation sites is 2. The maximum atomic E-state index is 12.2. The van der Waals surface area contributed by atoms with Crippen molar-refractivity contribution in [3.05, 3.63) is 58.0 Å². The smallest absolute Gasteiger partial charge is 0.291 e.